The van der Waals surface area contributed by atoms with E-state index < -0.39 is 6.09 Å². The van der Waals surface area contributed by atoms with E-state index in [9.17, 15) is 4.79 Å². The van der Waals surface area contributed by atoms with Crippen LogP contribution in [0.1, 0.15) is 24.1 Å². The van der Waals surface area contributed by atoms with E-state index in [1.54, 1.807) is 16.8 Å². The monoisotopic (exact) mass is 521 g/mol. The van der Waals surface area contributed by atoms with Crippen LogP contribution in [0.4, 0.5) is 16.2 Å². The van der Waals surface area contributed by atoms with Gasteiger partial charge in [0.1, 0.15) is 0 Å². The zero-order valence-electron chi connectivity index (χ0n) is 21.0. The van der Waals surface area contributed by atoms with Crippen LogP contribution in [0.15, 0.2) is 55.2 Å². The number of nitrogens with zero attached hydrogens (tertiary/aromatic N) is 4. The molecule has 194 valence electrons. The number of nitrogens with one attached hydrogen (secondary N) is 1. The Morgan fingerprint density at radius 3 is 2.57 bits per heavy atom. The minimum atomic E-state index is -0.577. The maximum Gasteiger partial charge on any atom is 0.417 e. The summed E-state index contributed by atoms with van der Waals surface area (Å²) in [5, 5.41) is 7.81. The van der Waals surface area contributed by atoms with Crippen LogP contribution >= 0.6 is 11.6 Å². The highest BCUT2D eigenvalue weighted by Crippen LogP contribution is 2.28. The van der Waals surface area contributed by atoms with Crippen LogP contribution in [-0.4, -0.2) is 66.2 Å². The highest BCUT2D eigenvalue weighted by Gasteiger charge is 2.26. The van der Waals surface area contributed by atoms with Gasteiger partial charge in [-0.2, -0.15) is 5.10 Å². The Hall–Kier alpha value is -3.33. The minimum absolute atomic E-state index is 0.385. The van der Waals surface area contributed by atoms with Crippen LogP contribution < -0.4 is 15.0 Å². The number of benzene rings is 2. The number of aromatic nitrogens is 2. The second-order valence-electron chi connectivity index (χ2n) is 9.34. The molecule has 2 saturated heterocycles. The number of anilines is 2. The molecule has 3 aromatic rings. The maximum absolute atomic E-state index is 12.7. The molecule has 0 saturated carbocycles. The van der Waals surface area contributed by atoms with Crippen LogP contribution in [0.3, 0.4) is 0 Å². The van der Waals surface area contributed by atoms with Crippen LogP contribution in [0.5, 0.6) is 5.75 Å². The molecule has 37 heavy (non-hydrogen) atoms. The Bertz CT molecular complexity index is 1250. The predicted octanol–water partition coefficient (Wildman–Crippen LogP) is 5.39. The standard InChI is InChI=1S/C28H32ClN5O3/c1-3-21-18-23(6-9-26(21)33-14-12-32(13-15-33)24-10-16-36-17-11-24)31-28(35)37-27-19-30-34(20(27)2)25-7-4-22(29)5-8-25/h3-9,18-19,24H,1,10-17H2,2H3,(H,31,35). The molecule has 1 aromatic heterocycles. The predicted molar refractivity (Wildman–Crippen MR) is 147 cm³/mol. The van der Waals surface area contributed by atoms with Crippen molar-refractivity contribution in [2.24, 2.45) is 0 Å². The van der Waals surface area contributed by atoms with E-state index in [4.69, 9.17) is 21.1 Å². The molecular weight excluding hydrogens is 490 g/mol. The van der Waals surface area contributed by atoms with Gasteiger partial charge < -0.3 is 14.4 Å². The summed E-state index contributed by atoms with van der Waals surface area (Å²) >= 11 is 5.98. The van der Waals surface area contributed by atoms with Crippen molar-refractivity contribution in [3.63, 3.8) is 0 Å². The molecule has 0 atom stereocenters. The average molecular weight is 522 g/mol. The van der Waals surface area contributed by atoms with Crippen molar-refractivity contribution in [3.8, 4) is 11.4 Å². The van der Waals surface area contributed by atoms with Crippen molar-refractivity contribution in [1.82, 2.24) is 14.7 Å². The molecule has 2 aliphatic rings. The Balaban J connectivity index is 1.20. The van der Waals surface area contributed by atoms with Crippen molar-refractivity contribution >= 4 is 35.1 Å². The molecule has 0 spiro atoms. The molecule has 0 aliphatic carbocycles. The largest absolute Gasteiger partial charge is 0.417 e. The fourth-order valence-electron chi connectivity index (χ4n) is 5.04. The first-order valence-corrected chi connectivity index (χ1v) is 13.0. The molecule has 2 aliphatic heterocycles. The Kier molecular flexibility index (Phi) is 7.79. The summed E-state index contributed by atoms with van der Waals surface area (Å²) in [7, 11) is 0. The zero-order valence-corrected chi connectivity index (χ0v) is 21.8. The summed E-state index contributed by atoms with van der Waals surface area (Å²) < 4.78 is 12.8. The molecule has 5 rings (SSSR count). The van der Waals surface area contributed by atoms with Gasteiger partial charge in [-0.3, -0.25) is 10.2 Å². The molecule has 9 heteroatoms. The van der Waals surface area contributed by atoms with E-state index in [0.717, 1.165) is 69.2 Å². The van der Waals surface area contributed by atoms with Gasteiger partial charge in [-0.1, -0.05) is 24.3 Å². The van der Waals surface area contributed by atoms with E-state index in [0.29, 0.717) is 28.2 Å². The van der Waals surface area contributed by atoms with Gasteiger partial charge in [0.05, 0.1) is 17.6 Å². The van der Waals surface area contributed by atoms with Gasteiger partial charge in [0.25, 0.3) is 0 Å². The van der Waals surface area contributed by atoms with Gasteiger partial charge in [-0.15, -0.1) is 0 Å². The third-order valence-corrected chi connectivity index (χ3v) is 7.35. The molecular formula is C28H32ClN5O3. The lowest BCUT2D eigenvalue weighted by Crippen LogP contribution is -2.51. The fourth-order valence-corrected chi connectivity index (χ4v) is 5.17. The van der Waals surface area contributed by atoms with Crippen LogP contribution in [0.25, 0.3) is 11.8 Å². The van der Waals surface area contributed by atoms with Gasteiger partial charge in [-0.05, 0) is 67.8 Å². The number of rotatable bonds is 6. The zero-order chi connectivity index (χ0) is 25.8. The van der Waals surface area contributed by atoms with Crippen LogP contribution in [-0.2, 0) is 4.74 Å². The van der Waals surface area contributed by atoms with Crippen molar-refractivity contribution < 1.29 is 14.3 Å². The molecule has 0 bridgehead atoms. The highest BCUT2D eigenvalue weighted by molar-refractivity contribution is 6.30. The van der Waals surface area contributed by atoms with E-state index >= 15 is 0 Å². The average Bonchev–Trinajstić information content (AvgIpc) is 3.29. The molecule has 2 aromatic carbocycles. The fraction of sp³-hybridized carbons (Fsp3) is 0.357. The first-order chi connectivity index (χ1) is 18.0. The van der Waals surface area contributed by atoms with Gasteiger partial charge in [0, 0.05) is 61.8 Å². The quantitative estimate of drug-likeness (QED) is 0.469. The normalized spacial score (nSPS) is 17.0. The van der Waals surface area contributed by atoms with Crippen molar-refractivity contribution in [2.75, 3.05) is 49.6 Å². The third-order valence-electron chi connectivity index (χ3n) is 7.09. The molecule has 3 heterocycles. The Morgan fingerprint density at radius 2 is 1.86 bits per heavy atom. The van der Waals surface area contributed by atoms with Crippen molar-refractivity contribution in [1.29, 1.82) is 0 Å². The van der Waals surface area contributed by atoms with Crippen LogP contribution in [0.2, 0.25) is 5.02 Å². The molecule has 0 radical (unpaired) electrons. The number of ether oxygens (including phenoxy) is 2. The number of piperazine rings is 1. The summed E-state index contributed by atoms with van der Waals surface area (Å²) in [6, 6.07) is 13.8. The number of hydrogen-bond acceptors (Lipinski definition) is 6. The Labute approximate surface area is 222 Å². The summed E-state index contributed by atoms with van der Waals surface area (Å²) in [6.45, 7) is 11.6. The number of hydrogen-bond donors (Lipinski definition) is 1. The van der Waals surface area contributed by atoms with E-state index in [1.807, 2.05) is 43.3 Å². The smallest absolute Gasteiger partial charge is 0.406 e. The first-order valence-electron chi connectivity index (χ1n) is 12.6. The van der Waals surface area contributed by atoms with Gasteiger partial charge >= 0.3 is 6.09 Å². The lowest BCUT2D eigenvalue weighted by Gasteiger charge is -2.41. The van der Waals surface area contributed by atoms with E-state index in [-0.39, 0.29) is 0 Å². The molecule has 1 amide bonds. The number of amides is 1. The van der Waals surface area contributed by atoms with E-state index in [2.05, 4.69) is 26.8 Å². The van der Waals surface area contributed by atoms with Gasteiger partial charge in [0.2, 0.25) is 0 Å². The number of carbonyl (C=O) groups excluding carboxylic acids is 1. The number of halogens is 1. The molecule has 2 fully saturated rings. The van der Waals surface area contributed by atoms with Crippen molar-refractivity contribution in [3.05, 3.63) is 71.5 Å². The molecule has 1 N–H and O–H groups in total. The van der Waals surface area contributed by atoms with Gasteiger partial charge in [-0.25, -0.2) is 9.48 Å². The molecule has 0 unspecified atom stereocenters. The number of carbonyl (C=O) groups is 1. The lowest BCUT2D eigenvalue weighted by atomic mass is 10.1. The second kappa shape index (κ2) is 11.4. The third kappa shape index (κ3) is 5.82. The summed E-state index contributed by atoms with van der Waals surface area (Å²) in [5.74, 6) is 0.385. The molecule has 8 nitrogen and oxygen atoms in total. The van der Waals surface area contributed by atoms with Crippen molar-refractivity contribution in [2.45, 2.75) is 25.8 Å². The van der Waals surface area contributed by atoms with Crippen LogP contribution in [0, 0.1) is 6.92 Å². The Morgan fingerprint density at radius 1 is 1.14 bits per heavy atom. The van der Waals surface area contributed by atoms with Gasteiger partial charge in [0.15, 0.2) is 5.75 Å². The first kappa shape index (κ1) is 25.3. The maximum atomic E-state index is 12.7. The van der Waals surface area contributed by atoms with E-state index in [1.165, 1.54) is 6.20 Å². The highest BCUT2D eigenvalue weighted by atomic mass is 35.5. The SMILES string of the molecule is C=Cc1cc(NC(=O)Oc2cnn(-c3ccc(Cl)cc3)c2C)ccc1N1CCN(C2CCOCC2)CC1. The second-order valence-corrected chi connectivity index (χ2v) is 9.78. The summed E-state index contributed by atoms with van der Waals surface area (Å²) in [5.41, 5.74) is 4.29. The topological polar surface area (TPSA) is 71.9 Å². The summed E-state index contributed by atoms with van der Waals surface area (Å²) in [6.07, 6.45) is 5.02. The minimum Gasteiger partial charge on any atom is -0.406 e. The lowest BCUT2D eigenvalue weighted by molar-refractivity contribution is 0.0321. The summed E-state index contributed by atoms with van der Waals surface area (Å²) in [4.78, 5) is 17.6.